The van der Waals surface area contributed by atoms with Gasteiger partial charge in [-0.3, -0.25) is 18.4 Å². The van der Waals surface area contributed by atoms with Crippen LogP contribution in [0.5, 0.6) is 0 Å². The van der Waals surface area contributed by atoms with Gasteiger partial charge in [-0.15, -0.1) is 0 Å². The van der Waals surface area contributed by atoms with Gasteiger partial charge in [0.25, 0.3) is 0 Å². The minimum absolute atomic E-state index is 0.0121. The van der Waals surface area contributed by atoms with E-state index < -0.39 is 69.2 Å². The lowest BCUT2D eigenvalue weighted by atomic mass is 9.94. The lowest BCUT2D eigenvalue weighted by Crippen LogP contribution is -2.45. The Hall–Kier alpha value is -1.93. The molecule has 5 atom stereocenters. The Morgan fingerprint density at radius 1 is 1.24 bits per heavy atom. The van der Waals surface area contributed by atoms with Gasteiger partial charge in [-0.2, -0.15) is 4.98 Å². The van der Waals surface area contributed by atoms with Crippen LogP contribution in [0.25, 0.3) is 0 Å². The number of anilines is 1. The standard InChI is InChI=1S/C23H39FN3O10P/c1-8-23(17(28)16(24)18(37-23)27-10-9-15(25)26-20(27)30)12-34-38(31,35-13-32-11-21(2,3)4)36-14-33-19(29)22(5,6)7/h9-10,16-18,28H,8,11-14H2,1-7H3,(H2,25,26,30)/t16-,17+,18-,23-,38?/m1/s1. The third-order valence-electron chi connectivity index (χ3n) is 5.50. The molecule has 1 aromatic rings. The molecule has 0 aliphatic carbocycles. The molecule has 3 N–H and O–H groups in total. The smallest absolute Gasteiger partial charge is 0.437 e. The molecule has 15 heteroatoms. The van der Waals surface area contributed by atoms with Crippen LogP contribution in [-0.2, 0) is 37.1 Å². The zero-order chi connectivity index (χ0) is 28.9. The number of aromatic nitrogens is 2. The highest BCUT2D eigenvalue weighted by Gasteiger charge is 2.56. The largest absolute Gasteiger partial charge is 0.479 e. The number of rotatable bonds is 12. The number of nitrogens with zero attached hydrogens (tertiary/aromatic N) is 2. The van der Waals surface area contributed by atoms with Gasteiger partial charge in [0.15, 0.2) is 19.2 Å². The number of alkyl halides is 1. The van der Waals surface area contributed by atoms with Gasteiger partial charge in [-0.05, 0) is 38.7 Å². The number of aliphatic hydroxyl groups excluding tert-OH is 1. The summed E-state index contributed by atoms with van der Waals surface area (Å²) in [7, 11) is -4.49. The van der Waals surface area contributed by atoms with E-state index in [0.717, 1.165) is 4.57 Å². The van der Waals surface area contributed by atoms with Gasteiger partial charge < -0.3 is 25.1 Å². The SMILES string of the molecule is CC[C@]1(COP(=O)(OCOCC(C)(C)C)OCOC(=O)C(C)(C)C)O[C@@H](n2ccc(N)nc2=O)[C@H](F)[C@@H]1O. The molecule has 1 aromatic heterocycles. The van der Waals surface area contributed by atoms with E-state index in [-0.39, 0.29) is 24.3 Å². The summed E-state index contributed by atoms with van der Waals surface area (Å²) >= 11 is 0. The molecule has 2 heterocycles. The van der Waals surface area contributed by atoms with Crippen molar-refractivity contribution in [2.24, 2.45) is 10.8 Å². The van der Waals surface area contributed by atoms with Gasteiger partial charge in [0.05, 0.1) is 18.6 Å². The van der Waals surface area contributed by atoms with Crippen molar-refractivity contribution < 1.29 is 46.6 Å². The Kier molecular flexibility index (Phi) is 10.6. The van der Waals surface area contributed by atoms with Crippen LogP contribution >= 0.6 is 7.82 Å². The molecule has 1 aliphatic rings. The quantitative estimate of drug-likeness (QED) is 0.164. The number of nitrogen functional groups attached to an aromatic ring is 1. The van der Waals surface area contributed by atoms with E-state index in [0.29, 0.717) is 0 Å². The van der Waals surface area contributed by atoms with Crippen LogP contribution in [0.4, 0.5) is 10.2 Å². The fourth-order valence-electron chi connectivity index (χ4n) is 3.28. The normalized spacial score (nSPS) is 25.8. The van der Waals surface area contributed by atoms with Gasteiger partial charge in [0.2, 0.25) is 6.79 Å². The summed E-state index contributed by atoms with van der Waals surface area (Å²) in [5, 5.41) is 10.7. The fourth-order valence-corrected chi connectivity index (χ4v) is 4.26. The number of phosphoric acid groups is 1. The minimum Gasteiger partial charge on any atom is -0.437 e. The minimum atomic E-state index is -4.49. The number of ether oxygens (including phenoxy) is 3. The average Bonchev–Trinajstić information content (AvgIpc) is 3.05. The molecular formula is C23H39FN3O10P. The molecule has 1 aliphatic heterocycles. The van der Waals surface area contributed by atoms with Crippen molar-refractivity contribution >= 4 is 19.6 Å². The first-order chi connectivity index (χ1) is 17.4. The predicted octanol–water partition coefficient (Wildman–Crippen LogP) is 2.93. The summed E-state index contributed by atoms with van der Waals surface area (Å²) in [6, 6.07) is 1.28. The number of esters is 1. The molecule has 1 saturated heterocycles. The molecule has 0 saturated carbocycles. The molecule has 38 heavy (non-hydrogen) atoms. The summed E-state index contributed by atoms with van der Waals surface area (Å²) in [6.45, 7) is 10.5. The van der Waals surface area contributed by atoms with Gasteiger partial charge >= 0.3 is 19.5 Å². The number of phosphoric ester groups is 1. The number of carbonyl (C=O) groups is 1. The molecule has 13 nitrogen and oxygen atoms in total. The van der Waals surface area contributed by atoms with Crippen molar-refractivity contribution in [2.75, 3.05) is 32.5 Å². The summed E-state index contributed by atoms with van der Waals surface area (Å²) < 4.78 is 61.3. The molecule has 1 fully saturated rings. The lowest BCUT2D eigenvalue weighted by molar-refractivity contribution is -0.162. The van der Waals surface area contributed by atoms with Crippen LogP contribution in [0, 0.1) is 10.8 Å². The van der Waals surface area contributed by atoms with Crippen molar-refractivity contribution in [3.63, 3.8) is 0 Å². The van der Waals surface area contributed by atoms with E-state index in [2.05, 4.69) is 4.98 Å². The van der Waals surface area contributed by atoms with Crippen LogP contribution in [0.2, 0.25) is 0 Å². The first-order valence-electron chi connectivity index (χ1n) is 12.1. The highest BCUT2D eigenvalue weighted by Crippen LogP contribution is 2.52. The van der Waals surface area contributed by atoms with Crippen molar-refractivity contribution in [3.05, 3.63) is 22.7 Å². The Labute approximate surface area is 221 Å². The highest BCUT2D eigenvalue weighted by atomic mass is 31.2. The maximum atomic E-state index is 15.2. The van der Waals surface area contributed by atoms with Crippen LogP contribution in [0.1, 0.15) is 61.1 Å². The van der Waals surface area contributed by atoms with Crippen LogP contribution < -0.4 is 11.4 Å². The number of carbonyl (C=O) groups excluding carboxylic acids is 1. The second kappa shape index (κ2) is 12.5. The fraction of sp³-hybridized carbons (Fsp3) is 0.783. The Balaban J connectivity index is 2.18. The third-order valence-corrected chi connectivity index (χ3v) is 6.79. The molecule has 0 amide bonds. The average molecular weight is 568 g/mol. The van der Waals surface area contributed by atoms with Gasteiger partial charge in [-0.1, -0.05) is 27.7 Å². The highest BCUT2D eigenvalue weighted by molar-refractivity contribution is 7.48. The summed E-state index contributed by atoms with van der Waals surface area (Å²) in [5.74, 6) is -0.695. The first kappa shape index (κ1) is 32.3. The Morgan fingerprint density at radius 2 is 1.87 bits per heavy atom. The van der Waals surface area contributed by atoms with Crippen LogP contribution in [0.15, 0.2) is 17.1 Å². The molecule has 0 radical (unpaired) electrons. The number of nitrogens with two attached hydrogens (primary N) is 1. The van der Waals surface area contributed by atoms with Gasteiger partial charge in [-0.25, -0.2) is 18.3 Å². The third kappa shape index (κ3) is 8.54. The number of halogens is 1. The number of aliphatic hydroxyl groups is 1. The molecule has 0 aromatic carbocycles. The second-order valence-corrected chi connectivity index (χ2v) is 12.8. The lowest BCUT2D eigenvalue weighted by Gasteiger charge is -2.31. The molecule has 2 rings (SSSR count). The van der Waals surface area contributed by atoms with Crippen LogP contribution in [-0.4, -0.2) is 65.3 Å². The molecular weight excluding hydrogens is 528 g/mol. The zero-order valence-corrected chi connectivity index (χ0v) is 23.7. The van der Waals surface area contributed by atoms with Crippen molar-refractivity contribution in [2.45, 2.75) is 79.0 Å². The first-order valence-corrected chi connectivity index (χ1v) is 13.5. The topological polar surface area (TPSA) is 171 Å². The van der Waals surface area contributed by atoms with Gasteiger partial charge in [0.1, 0.15) is 17.5 Å². The monoisotopic (exact) mass is 567 g/mol. The van der Waals surface area contributed by atoms with Crippen LogP contribution in [0.3, 0.4) is 0 Å². The maximum Gasteiger partial charge on any atom is 0.479 e. The Morgan fingerprint density at radius 3 is 2.42 bits per heavy atom. The summed E-state index contributed by atoms with van der Waals surface area (Å²) in [4.78, 5) is 27.8. The van der Waals surface area contributed by atoms with E-state index in [9.17, 15) is 19.3 Å². The molecule has 0 spiro atoms. The predicted molar refractivity (Wildman–Crippen MR) is 133 cm³/mol. The summed E-state index contributed by atoms with van der Waals surface area (Å²) in [5.41, 5.74) is 1.79. The van der Waals surface area contributed by atoms with E-state index in [1.807, 2.05) is 20.8 Å². The van der Waals surface area contributed by atoms with Gasteiger partial charge in [0, 0.05) is 6.20 Å². The molecule has 0 bridgehead atoms. The van der Waals surface area contributed by atoms with E-state index in [1.165, 1.54) is 12.3 Å². The van der Waals surface area contributed by atoms with E-state index in [4.69, 9.17) is 33.5 Å². The second-order valence-electron chi connectivity index (χ2n) is 11.2. The number of hydrogen-bond donors (Lipinski definition) is 2. The van der Waals surface area contributed by atoms with Crippen molar-refractivity contribution in [1.29, 1.82) is 0 Å². The van der Waals surface area contributed by atoms with E-state index in [1.54, 1.807) is 27.7 Å². The summed E-state index contributed by atoms with van der Waals surface area (Å²) in [6.07, 6.45) is -4.23. The van der Waals surface area contributed by atoms with Crippen molar-refractivity contribution in [3.8, 4) is 0 Å². The molecule has 1 unspecified atom stereocenters. The Bertz CT molecular complexity index is 1060. The van der Waals surface area contributed by atoms with Crippen molar-refractivity contribution in [1.82, 2.24) is 9.55 Å². The molecule has 218 valence electrons. The number of hydrogen-bond acceptors (Lipinski definition) is 12. The zero-order valence-electron chi connectivity index (χ0n) is 22.8. The maximum absolute atomic E-state index is 15.2. The van der Waals surface area contributed by atoms with E-state index >= 15 is 4.39 Å².